The van der Waals surface area contributed by atoms with Gasteiger partial charge in [0.1, 0.15) is 0 Å². The van der Waals surface area contributed by atoms with Gasteiger partial charge in [0.25, 0.3) is 10.0 Å². The lowest BCUT2D eigenvalue weighted by molar-refractivity contribution is 0.171. The number of benzene rings is 1. The number of hydrazine groups is 1. The number of hydrogen-bond donors (Lipinski definition) is 3. The molecular formula is C11H17N5O3S. The molecule has 0 unspecified atom stereocenters. The molecule has 1 heterocycles. The van der Waals surface area contributed by atoms with Gasteiger partial charge in [0.15, 0.2) is 0 Å². The third-order valence-corrected chi connectivity index (χ3v) is 4.55. The molecule has 2 amide bonds. The molecule has 1 aromatic rings. The predicted octanol–water partition coefficient (Wildman–Crippen LogP) is -0.842. The van der Waals surface area contributed by atoms with Crippen molar-refractivity contribution in [1.82, 2.24) is 14.6 Å². The minimum absolute atomic E-state index is 0.0716. The molecule has 0 spiro atoms. The summed E-state index contributed by atoms with van der Waals surface area (Å²) in [5.41, 5.74) is 5.93. The monoisotopic (exact) mass is 299 g/mol. The van der Waals surface area contributed by atoms with E-state index >= 15 is 0 Å². The van der Waals surface area contributed by atoms with E-state index in [0.717, 1.165) is 0 Å². The van der Waals surface area contributed by atoms with E-state index in [0.29, 0.717) is 31.9 Å². The Morgan fingerprint density at radius 3 is 2.30 bits per heavy atom. The Bertz CT molecular complexity index is 581. The highest BCUT2D eigenvalue weighted by Crippen LogP contribution is 2.16. The van der Waals surface area contributed by atoms with E-state index in [9.17, 15) is 13.2 Å². The molecule has 20 heavy (non-hydrogen) atoms. The third-order valence-electron chi connectivity index (χ3n) is 3.01. The first kappa shape index (κ1) is 14.6. The maximum atomic E-state index is 12.2. The van der Waals surface area contributed by atoms with Crippen LogP contribution in [0, 0.1) is 0 Å². The van der Waals surface area contributed by atoms with E-state index in [1.54, 1.807) is 0 Å². The standard InChI is InChI=1S/C11H17N5O3S/c12-9-1-3-10(4-2-9)20(18,19)16(13)11(17)15-7-5-14-6-8-15/h1-4,14H,5-8,12-13H2. The molecule has 2 rings (SSSR count). The normalized spacial score (nSPS) is 15.9. The minimum atomic E-state index is -4.06. The maximum absolute atomic E-state index is 12.2. The highest BCUT2D eigenvalue weighted by molar-refractivity contribution is 7.89. The average molecular weight is 299 g/mol. The van der Waals surface area contributed by atoms with E-state index in [1.807, 2.05) is 0 Å². The van der Waals surface area contributed by atoms with Crippen molar-refractivity contribution >= 4 is 21.7 Å². The van der Waals surface area contributed by atoms with Gasteiger partial charge >= 0.3 is 6.03 Å². The van der Waals surface area contributed by atoms with E-state index in [2.05, 4.69) is 5.32 Å². The third kappa shape index (κ3) is 2.84. The molecule has 1 saturated heterocycles. The summed E-state index contributed by atoms with van der Waals surface area (Å²) in [6.45, 7) is 2.07. The van der Waals surface area contributed by atoms with Crippen LogP contribution in [0.2, 0.25) is 0 Å². The van der Waals surface area contributed by atoms with Crippen LogP contribution in [0.1, 0.15) is 0 Å². The van der Waals surface area contributed by atoms with Gasteiger partial charge in [0.2, 0.25) is 0 Å². The molecule has 8 nitrogen and oxygen atoms in total. The quantitative estimate of drug-likeness (QED) is 0.283. The predicted molar refractivity (Wildman–Crippen MR) is 73.9 cm³/mol. The first-order valence-corrected chi connectivity index (χ1v) is 7.52. The number of nitrogens with two attached hydrogens (primary N) is 2. The molecule has 0 atom stereocenters. The summed E-state index contributed by atoms with van der Waals surface area (Å²) >= 11 is 0. The molecule has 0 radical (unpaired) electrons. The highest BCUT2D eigenvalue weighted by Gasteiger charge is 2.30. The number of nitrogens with zero attached hydrogens (tertiary/aromatic N) is 2. The van der Waals surface area contributed by atoms with Crippen LogP contribution < -0.4 is 16.9 Å². The second kappa shape index (κ2) is 5.65. The van der Waals surface area contributed by atoms with E-state index in [4.69, 9.17) is 11.6 Å². The van der Waals surface area contributed by atoms with Gasteiger partial charge < -0.3 is 16.0 Å². The Morgan fingerprint density at radius 2 is 1.75 bits per heavy atom. The van der Waals surface area contributed by atoms with Crippen molar-refractivity contribution in [2.45, 2.75) is 4.90 Å². The van der Waals surface area contributed by atoms with Crippen LogP contribution in [0.3, 0.4) is 0 Å². The van der Waals surface area contributed by atoms with Gasteiger partial charge in [0, 0.05) is 31.9 Å². The Hall–Kier alpha value is -1.84. The second-order valence-electron chi connectivity index (χ2n) is 4.39. The SMILES string of the molecule is Nc1ccc(S(=O)(=O)N(N)C(=O)N2CCNCC2)cc1. The van der Waals surface area contributed by atoms with Crippen LogP contribution in [0.15, 0.2) is 29.2 Å². The zero-order chi connectivity index (χ0) is 14.8. The highest BCUT2D eigenvalue weighted by atomic mass is 32.2. The van der Waals surface area contributed by atoms with Gasteiger partial charge in [-0.1, -0.05) is 0 Å². The topological polar surface area (TPSA) is 122 Å². The van der Waals surface area contributed by atoms with E-state index in [-0.39, 0.29) is 9.31 Å². The Labute approximate surface area is 117 Å². The van der Waals surface area contributed by atoms with Crippen molar-refractivity contribution in [2.75, 3.05) is 31.9 Å². The van der Waals surface area contributed by atoms with Crippen molar-refractivity contribution in [3.8, 4) is 0 Å². The summed E-state index contributed by atoms with van der Waals surface area (Å²) in [6.07, 6.45) is 0. The Morgan fingerprint density at radius 1 is 1.20 bits per heavy atom. The van der Waals surface area contributed by atoms with Crippen LogP contribution in [0.5, 0.6) is 0 Å². The van der Waals surface area contributed by atoms with Crippen molar-refractivity contribution < 1.29 is 13.2 Å². The van der Waals surface area contributed by atoms with Crippen LogP contribution in [0.4, 0.5) is 10.5 Å². The number of anilines is 1. The lowest BCUT2D eigenvalue weighted by atomic mass is 10.3. The van der Waals surface area contributed by atoms with E-state index < -0.39 is 16.1 Å². The van der Waals surface area contributed by atoms with Crippen molar-refractivity contribution in [3.05, 3.63) is 24.3 Å². The molecule has 0 aliphatic carbocycles. The van der Waals surface area contributed by atoms with Crippen molar-refractivity contribution in [3.63, 3.8) is 0 Å². The first-order valence-electron chi connectivity index (χ1n) is 6.08. The first-order chi connectivity index (χ1) is 9.43. The van der Waals surface area contributed by atoms with Crippen molar-refractivity contribution in [1.29, 1.82) is 0 Å². The second-order valence-corrected chi connectivity index (χ2v) is 6.20. The fourth-order valence-electron chi connectivity index (χ4n) is 1.85. The number of nitrogen functional groups attached to an aromatic ring is 1. The lowest BCUT2D eigenvalue weighted by Crippen LogP contribution is -2.55. The summed E-state index contributed by atoms with van der Waals surface area (Å²) in [4.78, 5) is 13.4. The molecule has 1 aliphatic heterocycles. The van der Waals surface area contributed by atoms with Crippen LogP contribution in [-0.4, -0.2) is 49.9 Å². The molecule has 1 aromatic carbocycles. The zero-order valence-electron chi connectivity index (χ0n) is 10.8. The molecule has 9 heteroatoms. The number of piperazine rings is 1. The molecule has 5 N–H and O–H groups in total. The van der Waals surface area contributed by atoms with Crippen LogP contribution >= 0.6 is 0 Å². The number of sulfonamides is 1. The van der Waals surface area contributed by atoms with Crippen molar-refractivity contribution in [2.24, 2.45) is 5.84 Å². The smallest absolute Gasteiger partial charge is 0.348 e. The molecule has 0 aromatic heterocycles. The Balaban J connectivity index is 2.20. The number of hydrogen-bond acceptors (Lipinski definition) is 6. The molecule has 1 fully saturated rings. The van der Waals surface area contributed by atoms with Gasteiger partial charge in [-0.3, -0.25) is 0 Å². The number of rotatable bonds is 2. The zero-order valence-corrected chi connectivity index (χ0v) is 11.6. The maximum Gasteiger partial charge on any atom is 0.348 e. The van der Waals surface area contributed by atoms with Crippen LogP contribution in [-0.2, 0) is 10.0 Å². The fraction of sp³-hybridized carbons (Fsp3) is 0.364. The van der Waals surface area contributed by atoms with Gasteiger partial charge in [-0.05, 0) is 24.3 Å². The molecule has 1 aliphatic rings. The lowest BCUT2D eigenvalue weighted by Gasteiger charge is -2.30. The van der Waals surface area contributed by atoms with Crippen LogP contribution in [0.25, 0.3) is 0 Å². The van der Waals surface area contributed by atoms with Gasteiger partial charge in [-0.15, -0.1) is 4.41 Å². The summed E-state index contributed by atoms with van der Waals surface area (Å²) in [5.74, 6) is 5.50. The number of carbonyl (C=O) groups is 1. The number of nitrogens with one attached hydrogen (secondary N) is 1. The summed E-state index contributed by atoms with van der Waals surface area (Å²) in [5, 5.41) is 3.07. The average Bonchev–Trinajstić information content (AvgIpc) is 2.47. The van der Waals surface area contributed by atoms with Gasteiger partial charge in [-0.2, -0.15) is 8.42 Å². The van der Waals surface area contributed by atoms with Gasteiger partial charge in [0.05, 0.1) is 4.90 Å². The summed E-state index contributed by atoms with van der Waals surface area (Å²) < 4.78 is 24.7. The molecular weight excluding hydrogens is 282 g/mol. The number of urea groups is 1. The Kier molecular flexibility index (Phi) is 4.12. The molecule has 0 bridgehead atoms. The molecule has 0 saturated carbocycles. The number of amides is 2. The minimum Gasteiger partial charge on any atom is -0.399 e. The summed E-state index contributed by atoms with van der Waals surface area (Å²) in [6, 6.07) is 4.78. The van der Waals surface area contributed by atoms with E-state index in [1.165, 1.54) is 29.2 Å². The molecule has 110 valence electrons. The van der Waals surface area contributed by atoms with Gasteiger partial charge in [-0.25, -0.2) is 10.6 Å². The summed E-state index contributed by atoms with van der Waals surface area (Å²) in [7, 11) is -4.06. The fourth-order valence-corrected chi connectivity index (χ4v) is 2.88. The largest absolute Gasteiger partial charge is 0.399 e. The number of carbonyl (C=O) groups excluding carboxylic acids is 1.